The third-order valence-electron chi connectivity index (χ3n) is 16.1. The van der Waals surface area contributed by atoms with E-state index < -0.39 is 74.1 Å². The molecule has 58 heavy (non-hydrogen) atoms. The Hall–Kier alpha value is -1.30. The molecule has 4 aliphatic carbocycles. The maximum Gasteiger partial charge on any atom is 0.220 e. The number of rotatable bonds is 14. The van der Waals surface area contributed by atoms with Gasteiger partial charge < -0.3 is 60.0 Å². The lowest BCUT2D eigenvalue weighted by molar-refractivity contribution is -0.361. The molecule has 2 saturated heterocycles. The van der Waals surface area contributed by atoms with E-state index in [0.29, 0.717) is 55.4 Å². The molecule has 0 aromatic carbocycles. The molecule has 6 rings (SSSR count). The predicted molar refractivity (Wildman–Crippen MR) is 212 cm³/mol. The summed E-state index contributed by atoms with van der Waals surface area (Å²) in [7, 11) is 0. The zero-order valence-electron chi connectivity index (χ0n) is 35.8. The van der Waals surface area contributed by atoms with E-state index >= 15 is 0 Å². The molecule has 1 amide bonds. The molecule has 14 nitrogen and oxygen atoms in total. The van der Waals surface area contributed by atoms with Gasteiger partial charge in [0.25, 0.3) is 0 Å². The van der Waals surface area contributed by atoms with Gasteiger partial charge in [-0.25, -0.2) is 0 Å². The van der Waals surface area contributed by atoms with E-state index in [4.69, 9.17) is 18.9 Å². The van der Waals surface area contributed by atoms with Gasteiger partial charge in [0.15, 0.2) is 12.6 Å². The van der Waals surface area contributed by atoms with Crippen LogP contribution in [0.4, 0.5) is 0 Å². The van der Waals surface area contributed by atoms with Gasteiger partial charge in [0.1, 0.15) is 48.5 Å². The van der Waals surface area contributed by atoms with Crippen LogP contribution in [0.2, 0.25) is 0 Å². The molecule has 6 aliphatic rings. The van der Waals surface area contributed by atoms with Gasteiger partial charge in [-0.2, -0.15) is 0 Å². The molecule has 1 unspecified atom stereocenters. The third kappa shape index (κ3) is 9.09. The topological polar surface area (TPSA) is 225 Å². The summed E-state index contributed by atoms with van der Waals surface area (Å²) in [6.07, 6.45) is -5.42. The first kappa shape index (κ1) is 46.2. The Balaban J connectivity index is 1.03. The minimum absolute atomic E-state index is 0.0532. The van der Waals surface area contributed by atoms with Gasteiger partial charge in [-0.15, -0.1) is 0 Å². The number of aliphatic hydroxyl groups excluding tert-OH is 7. The lowest BCUT2D eigenvalue weighted by Gasteiger charge is -2.61. The smallest absolute Gasteiger partial charge is 0.220 e. The van der Waals surface area contributed by atoms with Crippen LogP contribution in [0.15, 0.2) is 0 Å². The molecule has 0 bridgehead atoms. The Morgan fingerprint density at radius 3 is 2.16 bits per heavy atom. The molecule has 2 heterocycles. The molecule has 0 aromatic heterocycles. The summed E-state index contributed by atoms with van der Waals surface area (Å²) in [4.78, 5) is 25.8. The molecule has 0 spiro atoms. The van der Waals surface area contributed by atoms with Crippen LogP contribution in [0.25, 0.3) is 0 Å². The zero-order chi connectivity index (χ0) is 42.4. The number of fused-ring (bicyclic) bond motifs is 5. The van der Waals surface area contributed by atoms with Crippen molar-refractivity contribution in [3.63, 3.8) is 0 Å². The standard InChI is InChI=1S/C44H75NO13/c1-21(2)16-33(49)45-19-22(3)8-11-30(47)23(4)34-31(48)18-29-27-10-9-25-17-26(12-14-43(25,6)28(27)13-15-44(29,34)7)56-42-39(54)37(52)40(32(20-46)57-42)58-41-38(53)36(51)35(50)24(5)55-41/h21-29,31-32,34-42,46,48,50-54H,8-20H2,1-7H3,(H,45,49)/t22?,23-,24+,25+,26+,27-,28+,29+,31-,32-,34+,35+,36-,37-,38-,39-,40-,41+,42-,43+,44+/m1/s1. The molecule has 0 radical (unpaired) electrons. The van der Waals surface area contributed by atoms with Crippen molar-refractivity contribution in [1.82, 2.24) is 5.32 Å². The summed E-state index contributed by atoms with van der Waals surface area (Å²) in [5.74, 6) is 2.14. The van der Waals surface area contributed by atoms with Crippen LogP contribution in [0.3, 0.4) is 0 Å². The highest BCUT2D eigenvalue weighted by molar-refractivity contribution is 5.81. The van der Waals surface area contributed by atoms with Crippen LogP contribution in [0.5, 0.6) is 0 Å². The molecular formula is C44H75NO13. The number of Topliss-reactive ketones (excluding diaryl/α,β-unsaturated/α-hetero) is 1. The highest BCUT2D eigenvalue weighted by Crippen LogP contribution is 2.68. The zero-order valence-corrected chi connectivity index (χ0v) is 35.8. The molecule has 14 heteroatoms. The maximum absolute atomic E-state index is 13.7. The van der Waals surface area contributed by atoms with E-state index in [1.54, 1.807) is 0 Å². The Morgan fingerprint density at radius 2 is 1.47 bits per heavy atom. The second-order valence-electron chi connectivity index (χ2n) is 20.4. The second kappa shape index (κ2) is 18.6. The average molecular weight is 826 g/mol. The Bertz CT molecular complexity index is 1400. The first-order chi connectivity index (χ1) is 27.3. The summed E-state index contributed by atoms with van der Waals surface area (Å²) >= 11 is 0. The van der Waals surface area contributed by atoms with Gasteiger partial charge in [0.05, 0.1) is 24.9 Å². The lowest BCUT2D eigenvalue weighted by Crippen LogP contribution is -2.64. The fourth-order valence-electron chi connectivity index (χ4n) is 12.8. The highest BCUT2D eigenvalue weighted by atomic mass is 16.7. The van der Waals surface area contributed by atoms with Gasteiger partial charge in [0, 0.05) is 25.3 Å². The molecule has 21 atom stereocenters. The molecular weight excluding hydrogens is 750 g/mol. The van der Waals surface area contributed by atoms with Crippen LogP contribution in [0, 0.1) is 58.2 Å². The monoisotopic (exact) mass is 826 g/mol. The third-order valence-corrected chi connectivity index (χ3v) is 16.1. The highest BCUT2D eigenvalue weighted by Gasteiger charge is 2.63. The molecule has 334 valence electrons. The minimum atomic E-state index is -1.63. The molecule has 4 saturated carbocycles. The van der Waals surface area contributed by atoms with Crippen molar-refractivity contribution in [2.45, 2.75) is 193 Å². The average Bonchev–Trinajstić information content (AvgIpc) is 3.45. The number of hydrogen-bond donors (Lipinski definition) is 8. The summed E-state index contributed by atoms with van der Waals surface area (Å²) < 4.78 is 23.7. The van der Waals surface area contributed by atoms with Gasteiger partial charge in [-0.3, -0.25) is 9.59 Å². The normalized spacial score (nSPS) is 47.7. The largest absolute Gasteiger partial charge is 0.394 e. The van der Waals surface area contributed by atoms with Crippen molar-refractivity contribution in [3.8, 4) is 0 Å². The number of carbonyl (C=O) groups is 2. The molecule has 6 fully saturated rings. The number of amides is 1. The van der Waals surface area contributed by atoms with Gasteiger partial charge in [0.2, 0.25) is 5.91 Å². The number of hydrogen-bond acceptors (Lipinski definition) is 13. The number of carbonyl (C=O) groups excluding carboxylic acids is 2. The van der Waals surface area contributed by atoms with E-state index in [1.165, 1.54) is 6.92 Å². The van der Waals surface area contributed by atoms with Crippen LogP contribution >= 0.6 is 0 Å². The Labute approximate surface area is 344 Å². The van der Waals surface area contributed by atoms with Crippen molar-refractivity contribution >= 4 is 11.7 Å². The van der Waals surface area contributed by atoms with Gasteiger partial charge in [-0.1, -0.05) is 41.5 Å². The van der Waals surface area contributed by atoms with Crippen LogP contribution in [-0.2, 0) is 28.5 Å². The summed E-state index contributed by atoms with van der Waals surface area (Å²) in [5, 5.41) is 77.9. The summed E-state index contributed by atoms with van der Waals surface area (Å²) in [6, 6.07) is 0. The van der Waals surface area contributed by atoms with E-state index in [-0.39, 0.29) is 46.4 Å². The second-order valence-corrected chi connectivity index (χ2v) is 20.4. The minimum Gasteiger partial charge on any atom is -0.394 e. The van der Waals surface area contributed by atoms with Crippen LogP contribution in [-0.4, -0.2) is 134 Å². The first-order valence-electron chi connectivity index (χ1n) is 22.4. The van der Waals surface area contributed by atoms with Gasteiger partial charge >= 0.3 is 0 Å². The van der Waals surface area contributed by atoms with Crippen LogP contribution in [0.1, 0.15) is 119 Å². The molecule has 2 aliphatic heterocycles. The first-order valence-corrected chi connectivity index (χ1v) is 22.4. The lowest BCUT2D eigenvalue weighted by atomic mass is 9.44. The van der Waals surface area contributed by atoms with Crippen molar-refractivity contribution in [2.75, 3.05) is 13.2 Å². The summed E-state index contributed by atoms with van der Waals surface area (Å²) in [5.41, 5.74) is -0.0419. The number of ketones is 1. The van der Waals surface area contributed by atoms with E-state index in [1.807, 2.05) is 20.8 Å². The van der Waals surface area contributed by atoms with Crippen molar-refractivity contribution < 1.29 is 64.3 Å². The van der Waals surface area contributed by atoms with Crippen molar-refractivity contribution in [2.24, 2.45) is 58.2 Å². The number of ether oxygens (including phenoxy) is 4. The molecule has 8 N–H and O–H groups in total. The van der Waals surface area contributed by atoms with E-state index in [9.17, 15) is 45.3 Å². The van der Waals surface area contributed by atoms with Crippen molar-refractivity contribution in [1.29, 1.82) is 0 Å². The van der Waals surface area contributed by atoms with E-state index in [2.05, 4.69) is 26.1 Å². The summed E-state index contributed by atoms with van der Waals surface area (Å²) in [6.45, 7) is 14.4. The fourth-order valence-corrected chi connectivity index (χ4v) is 12.8. The van der Waals surface area contributed by atoms with E-state index in [0.717, 1.165) is 51.4 Å². The Morgan fingerprint density at radius 1 is 0.793 bits per heavy atom. The SMILES string of the molecule is CC(C)CC(=O)NCC(C)CCC(=O)[C@@H](C)[C@H]1[C@H](O)C[C@H]2[C@@H]3CC[C@H]4C[C@@H](O[C@@H]5O[C@H](CO)[C@@H](O[C@@H]6O[C@@H](C)[C@H](O)[C@@H](O)[C@H]6O)[C@H](O)[C@H]5O)CC[C@]4(C)[C@H]3CC[C@]12C. The maximum atomic E-state index is 13.7. The predicted octanol–water partition coefficient (Wildman–Crippen LogP) is 2.44. The van der Waals surface area contributed by atoms with Crippen LogP contribution < -0.4 is 5.32 Å². The quantitative estimate of drug-likeness (QED) is 0.118. The van der Waals surface area contributed by atoms with Crippen molar-refractivity contribution in [3.05, 3.63) is 0 Å². The van der Waals surface area contributed by atoms with Gasteiger partial charge in [-0.05, 0) is 117 Å². The number of aliphatic hydroxyl groups is 7. The number of nitrogens with one attached hydrogen (secondary N) is 1. The molecule has 0 aromatic rings. The Kier molecular flexibility index (Phi) is 14.8. The fraction of sp³-hybridized carbons (Fsp3) is 0.955.